The summed E-state index contributed by atoms with van der Waals surface area (Å²) >= 11 is 0. The first-order valence-corrected chi connectivity index (χ1v) is 7.37. The van der Waals surface area contributed by atoms with E-state index in [0.29, 0.717) is 0 Å². The van der Waals surface area contributed by atoms with Gasteiger partial charge in [-0.15, -0.1) is 0 Å². The van der Waals surface area contributed by atoms with Crippen LogP contribution in [0.15, 0.2) is 0 Å². The molecule has 0 spiro atoms. The predicted molar refractivity (Wildman–Crippen MR) is 69.9 cm³/mol. The van der Waals surface area contributed by atoms with Crippen LogP contribution in [0.1, 0.15) is 57.8 Å². The van der Waals surface area contributed by atoms with Crippen LogP contribution in [0.25, 0.3) is 0 Å². The molecule has 2 rings (SSSR count). The van der Waals surface area contributed by atoms with E-state index in [0.717, 1.165) is 51.4 Å². The van der Waals surface area contributed by atoms with Gasteiger partial charge in [0.25, 0.3) is 5.97 Å². The fourth-order valence-corrected chi connectivity index (χ4v) is 3.13. The maximum atomic E-state index is 12.0. The van der Waals surface area contributed by atoms with Crippen molar-refractivity contribution in [2.75, 3.05) is 0 Å². The second kappa shape index (κ2) is 9.70. The molecule has 0 aromatic heterocycles. The fourth-order valence-electron chi connectivity index (χ4n) is 3.13. The topological polar surface area (TPSA) is 52.6 Å². The maximum absolute atomic E-state index is 12.0. The van der Waals surface area contributed by atoms with Crippen LogP contribution < -0.4 is 58.2 Å². The van der Waals surface area contributed by atoms with Gasteiger partial charge in [0.05, 0.1) is 11.8 Å². The molecule has 0 heterocycles. The molecule has 0 amide bonds. The summed E-state index contributed by atoms with van der Waals surface area (Å²) in [6, 6.07) is 0. The van der Waals surface area contributed by atoms with Crippen LogP contribution in [0.3, 0.4) is 0 Å². The molecule has 0 bridgehead atoms. The van der Waals surface area contributed by atoms with E-state index >= 15 is 0 Å². The van der Waals surface area contributed by atoms with Gasteiger partial charge >= 0.3 is 64.2 Å². The first kappa shape index (κ1) is 18.8. The second-order valence-electron chi connectivity index (χ2n) is 5.71. The smallest absolute Gasteiger partial charge is 0.640 e. The molecule has 0 aromatic rings. The summed E-state index contributed by atoms with van der Waals surface area (Å²) in [5.74, 6) is -0.224. The molecule has 0 aromatic carbocycles. The number of carbonyl (C=O) groups is 2. The van der Waals surface area contributed by atoms with Crippen molar-refractivity contribution in [1.29, 1.82) is 0 Å². The Morgan fingerprint density at radius 2 is 1.35 bits per heavy atom. The summed E-state index contributed by atoms with van der Waals surface area (Å²) in [4.78, 5) is 23.4. The van der Waals surface area contributed by atoms with Gasteiger partial charge in [0.1, 0.15) is 6.10 Å². The minimum Gasteiger partial charge on any atom is -0.640 e. The molecule has 108 valence electrons. The van der Waals surface area contributed by atoms with Crippen molar-refractivity contribution >= 4 is 11.9 Å². The minimum absolute atomic E-state index is 0. The van der Waals surface area contributed by atoms with E-state index in [1.165, 1.54) is 6.42 Å². The van der Waals surface area contributed by atoms with E-state index in [-0.39, 0.29) is 88.1 Å². The number of hydrogen-bond donors (Lipinski definition) is 0. The van der Waals surface area contributed by atoms with Crippen LogP contribution in [0, 0.1) is 18.9 Å². The van der Waals surface area contributed by atoms with E-state index < -0.39 is 0 Å². The van der Waals surface area contributed by atoms with E-state index in [1.54, 1.807) is 0 Å². The van der Waals surface area contributed by atoms with Crippen LogP contribution in [0.5, 0.6) is 0 Å². The maximum Gasteiger partial charge on any atom is 1.00 e. The van der Waals surface area contributed by atoms with E-state index in [1.807, 2.05) is 0 Å². The van der Waals surface area contributed by atoms with Gasteiger partial charge in [-0.1, -0.05) is 19.3 Å². The standard InChI is InChI=1S/C15H23O4.Rb/c1-18-14(16)12-7-9-13(10-8-12)19-15(17)11-5-3-2-4-6-11;/h11-13H,1-10H2;/q-1;+1. The molecule has 2 aliphatic carbocycles. The Bertz CT molecular complexity index is 318. The molecule has 2 fully saturated rings. The number of ether oxygens (including phenoxy) is 2. The monoisotopic (exact) mass is 352 g/mol. The van der Waals surface area contributed by atoms with Gasteiger partial charge in [0.15, 0.2) is 0 Å². The second-order valence-corrected chi connectivity index (χ2v) is 5.71. The predicted octanol–water partition coefficient (Wildman–Crippen LogP) is 0.00749. The van der Waals surface area contributed by atoms with Crippen molar-refractivity contribution in [2.24, 2.45) is 11.8 Å². The molecule has 0 unspecified atom stereocenters. The van der Waals surface area contributed by atoms with Gasteiger partial charge in [-0.2, -0.15) is 7.11 Å². The molecule has 0 aliphatic heterocycles. The summed E-state index contributed by atoms with van der Waals surface area (Å²) in [6.07, 6.45) is 8.45. The Kier molecular flexibility index (Phi) is 9.11. The normalized spacial score (nSPS) is 27.2. The Labute approximate surface area is 170 Å². The minimum atomic E-state index is -0.239. The third-order valence-corrected chi connectivity index (χ3v) is 4.37. The first-order valence-electron chi connectivity index (χ1n) is 7.37. The summed E-state index contributed by atoms with van der Waals surface area (Å²) in [5.41, 5.74) is 0. The van der Waals surface area contributed by atoms with Gasteiger partial charge in [-0.25, -0.2) is 0 Å². The number of rotatable bonds is 3. The Morgan fingerprint density at radius 1 is 0.800 bits per heavy atom. The molecule has 5 heteroatoms. The molecule has 2 saturated carbocycles. The fraction of sp³-hybridized carbons (Fsp3) is 0.800. The molecule has 0 radical (unpaired) electrons. The SMILES string of the molecule is [CH2-]OC(=O)C1CCC(OC(=O)C2CCCCC2)CC1.[Rb+]. The van der Waals surface area contributed by atoms with Crippen molar-refractivity contribution in [3.63, 3.8) is 0 Å². The number of esters is 2. The first-order chi connectivity index (χ1) is 9.20. The summed E-state index contributed by atoms with van der Waals surface area (Å²) < 4.78 is 10.1. The average molecular weight is 353 g/mol. The van der Waals surface area contributed by atoms with Crippen molar-refractivity contribution < 1.29 is 77.3 Å². The molecule has 0 N–H and O–H groups in total. The number of carbonyl (C=O) groups excluding carboxylic acids is 2. The molecule has 0 atom stereocenters. The summed E-state index contributed by atoms with van der Waals surface area (Å²) in [7, 11) is 3.15. The molecular formula is C15H23O4Rb. The summed E-state index contributed by atoms with van der Waals surface area (Å²) in [5, 5.41) is 0. The largest absolute Gasteiger partial charge is 1.00 e. The molecule has 20 heavy (non-hydrogen) atoms. The van der Waals surface area contributed by atoms with Gasteiger partial charge in [-0.05, 0) is 38.5 Å². The van der Waals surface area contributed by atoms with Crippen LogP contribution in [0.4, 0.5) is 0 Å². The van der Waals surface area contributed by atoms with Crippen molar-refractivity contribution in [2.45, 2.75) is 63.9 Å². The van der Waals surface area contributed by atoms with Crippen LogP contribution in [-0.4, -0.2) is 18.0 Å². The van der Waals surface area contributed by atoms with Crippen molar-refractivity contribution in [3.05, 3.63) is 7.11 Å². The summed E-state index contributed by atoms with van der Waals surface area (Å²) in [6.45, 7) is 0. The van der Waals surface area contributed by atoms with Crippen LogP contribution in [0.2, 0.25) is 0 Å². The van der Waals surface area contributed by atoms with Crippen LogP contribution in [-0.2, 0) is 19.1 Å². The van der Waals surface area contributed by atoms with E-state index in [4.69, 9.17) is 4.74 Å². The third-order valence-electron chi connectivity index (χ3n) is 4.37. The van der Waals surface area contributed by atoms with Gasteiger partial charge in [0.2, 0.25) is 0 Å². The Hall–Kier alpha value is 0.745. The Balaban J connectivity index is 0.00000200. The average Bonchev–Trinajstić information content (AvgIpc) is 2.48. The molecule has 2 aliphatic rings. The zero-order chi connectivity index (χ0) is 13.7. The van der Waals surface area contributed by atoms with Crippen LogP contribution >= 0.6 is 0 Å². The Morgan fingerprint density at radius 3 is 1.90 bits per heavy atom. The molecule has 0 saturated heterocycles. The zero-order valence-corrected chi connectivity index (χ0v) is 17.4. The van der Waals surface area contributed by atoms with Crippen molar-refractivity contribution in [1.82, 2.24) is 0 Å². The zero-order valence-electron chi connectivity index (χ0n) is 12.4. The van der Waals surface area contributed by atoms with Crippen molar-refractivity contribution in [3.8, 4) is 0 Å². The number of hydrogen-bond acceptors (Lipinski definition) is 4. The quantitative estimate of drug-likeness (QED) is 0.530. The molecule has 4 nitrogen and oxygen atoms in total. The van der Waals surface area contributed by atoms with Gasteiger partial charge < -0.3 is 9.47 Å². The third kappa shape index (κ3) is 5.50. The van der Waals surface area contributed by atoms with E-state index in [2.05, 4.69) is 11.8 Å². The van der Waals surface area contributed by atoms with Gasteiger partial charge in [-0.3, -0.25) is 9.59 Å². The molecular weight excluding hydrogens is 330 g/mol. The van der Waals surface area contributed by atoms with Gasteiger partial charge in [0, 0.05) is 0 Å². The van der Waals surface area contributed by atoms with E-state index in [9.17, 15) is 9.59 Å².